The van der Waals surface area contributed by atoms with Gasteiger partial charge in [0.15, 0.2) is 6.61 Å². The summed E-state index contributed by atoms with van der Waals surface area (Å²) in [6, 6.07) is 9.18. The average Bonchev–Trinajstić information content (AvgIpc) is 2.72. The number of carbonyl (C=O) groups excluding carboxylic acids is 2. The molecule has 1 fully saturated rings. The molecule has 0 aliphatic carbocycles. The fraction of sp³-hybridized carbons (Fsp3) is 0.263. The summed E-state index contributed by atoms with van der Waals surface area (Å²) in [4.78, 5) is 26.1. The maximum atomic E-state index is 12.3. The number of hydrogen-bond donors (Lipinski definition) is 2. The molecule has 3 N–H and O–H groups in total. The van der Waals surface area contributed by atoms with Gasteiger partial charge in [0.2, 0.25) is 10.0 Å². The van der Waals surface area contributed by atoms with Crippen molar-refractivity contribution >= 4 is 56.5 Å². The number of nitrogens with zero attached hydrogens (tertiary/aromatic N) is 1. The van der Waals surface area contributed by atoms with Crippen LogP contribution in [-0.4, -0.2) is 53.2 Å². The van der Waals surface area contributed by atoms with Crippen molar-refractivity contribution in [2.24, 2.45) is 5.14 Å². The number of nitrogens with two attached hydrogens (primary N) is 1. The Hall–Kier alpha value is -2.37. The zero-order valence-corrected chi connectivity index (χ0v) is 18.5. The predicted molar refractivity (Wildman–Crippen MR) is 116 cm³/mol. The topological polar surface area (TPSA) is 128 Å². The van der Waals surface area contributed by atoms with Crippen molar-refractivity contribution in [2.45, 2.75) is 4.90 Å². The lowest BCUT2D eigenvalue weighted by Crippen LogP contribution is -2.36. The zero-order chi connectivity index (χ0) is 22.6. The van der Waals surface area contributed by atoms with Gasteiger partial charge in [-0.1, -0.05) is 23.2 Å². The SMILES string of the molecule is NS(=O)(=O)c1cc(C(=O)OCC(=O)Nc2ccc(N3CCOCC3)cc2)c(Cl)cc1Cl. The fourth-order valence-electron chi connectivity index (χ4n) is 2.89. The molecular formula is C19H19Cl2N3O6S. The second-order valence-corrected chi connectivity index (χ2v) is 8.92. The summed E-state index contributed by atoms with van der Waals surface area (Å²) in [5.74, 6) is -1.58. The number of hydrogen-bond acceptors (Lipinski definition) is 7. The van der Waals surface area contributed by atoms with Crippen LogP contribution in [0, 0.1) is 0 Å². The summed E-state index contributed by atoms with van der Waals surface area (Å²) < 4.78 is 33.4. The van der Waals surface area contributed by atoms with Crippen LogP contribution < -0.4 is 15.4 Å². The normalized spacial score (nSPS) is 14.2. The summed E-state index contributed by atoms with van der Waals surface area (Å²) in [5, 5.41) is 7.30. The van der Waals surface area contributed by atoms with Crippen LogP contribution in [0.25, 0.3) is 0 Å². The molecule has 1 aliphatic heterocycles. The van der Waals surface area contributed by atoms with Gasteiger partial charge in [-0.15, -0.1) is 0 Å². The Bertz CT molecular complexity index is 1090. The molecule has 1 amide bonds. The van der Waals surface area contributed by atoms with Crippen molar-refractivity contribution < 1.29 is 27.5 Å². The minimum Gasteiger partial charge on any atom is -0.452 e. The van der Waals surface area contributed by atoms with E-state index in [1.165, 1.54) is 0 Å². The zero-order valence-electron chi connectivity index (χ0n) is 16.1. The number of carbonyl (C=O) groups is 2. The summed E-state index contributed by atoms with van der Waals surface area (Å²) >= 11 is 11.7. The molecule has 2 aromatic carbocycles. The van der Waals surface area contributed by atoms with Crippen LogP contribution in [0.3, 0.4) is 0 Å². The highest BCUT2D eigenvalue weighted by atomic mass is 35.5. The van der Waals surface area contributed by atoms with E-state index in [1.807, 2.05) is 12.1 Å². The molecule has 0 unspecified atom stereocenters. The number of anilines is 2. The molecule has 1 aliphatic rings. The standard InChI is InChI=1S/C19H19Cl2N3O6S/c20-15-10-16(21)17(31(22,27)28)9-14(15)19(26)30-11-18(25)23-12-1-3-13(4-2-12)24-5-7-29-8-6-24/h1-4,9-10H,5-8,11H2,(H,23,25)(H2,22,27,28). The van der Waals surface area contributed by atoms with E-state index in [0.29, 0.717) is 18.9 Å². The summed E-state index contributed by atoms with van der Waals surface area (Å²) in [6.07, 6.45) is 0. The second-order valence-electron chi connectivity index (χ2n) is 6.58. The van der Waals surface area contributed by atoms with Crippen molar-refractivity contribution in [3.63, 3.8) is 0 Å². The molecule has 3 rings (SSSR count). The highest BCUT2D eigenvalue weighted by molar-refractivity contribution is 7.89. The van der Waals surface area contributed by atoms with Crippen LogP contribution in [0.2, 0.25) is 10.0 Å². The van der Waals surface area contributed by atoms with Gasteiger partial charge in [0, 0.05) is 24.5 Å². The Morgan fingerprint density at radius 1 is 1.10 bits per heavy atom. The first-order chi connectivity index (χ1) is 14.6. The summed E-state index contributed by atoms with van der Waals surface area (Å²) in [5.41, 5.74) is 1.26. The molecule has 12 heteroatoms. The van der Waals surface area contributed by atoms with Gasteiger partial charge >= 0.3 is 5.97 Å². The van der Waals surface area contributed by atoms with E-state index in [2.05, 4.69) is 10.2 Å². The first-order valence-electron chi connectivity index (χ1n) is 9.07. The van der Waals surface area contributed by atoms with Crippen LogP contribution in [0.1, 0.15) is 10.4 Å². The molecule has 1 heterocycles. The van der Waals surface area contributed by atoms with Crippen molar-refractivity contribution in [1.29, 1.82) is 0 Å². The Kier molecular flexibility index (Phi) is 7.39. The van der Waals surface area contributed by atoms with E-state index in [-0.39, 0.29) is 15.6 Å². The number of amides is 1. The minimum atomic E-state index is -4.18. The van der Waals surface area contributed by atoms with Gasteiger partial charge in [0.25, 0.3) is 5.91 Å². The molecule has 9 nitrogen and oxygen atoms in total. The molecule has 0 radical (unpaired) electrons. The average molecular weight is 488 g/mol. The number of morpholine rings is 1. The largest absolute Gasteiger partial charge is 0.452 e. The van der Waals surface area contributed by atoms with Gasteiger partial charge in [0.1, 0.15) is 4.90 Å². The minimum absolute atomic E-state index is 0.137. The van der Waals surface area contributed by atoms with E-state index in [0.717, 1.165) is 30.9 Å². The number of ether oxygens (including phenoxy) is 2. The molecule has 1 saturated heterocycles. The first kappa shape index (κ1) is 23.3. The van der Waals surface area contributed by atoms with Crippen LogP contribution >= 0.6 is 23.2 Å². The third kappa shape index (κ3) is 6.08. The third-order valence-electron chi connectivity index (χ3n) is 4.41. The van der Waals surface area contributed by atoms with Gasteiger partial charge in [-0.05, 0) is 36.4 Å². The van der Waals surface area contributed by atoms with Crippen LogP contribution in [0.15, 0.2) is 41.3 Å². The van der Waals surface area contributed by atoms with Gasteiger partial charge in [-0.2, -0.15) is 0 Å². The number of sulfonamides is 1. The molecule has 0 atom stereocenters. The van der Waals surface area contributed by atoms with Crippen molar-refractivity contribution in [3.05, 3.63) is 52.0 Å². The summed E-state index contributed by atoms with van der Waals surface area (Å²) in [7, 11) is -4.18. The van der Waals surface area contributed by atoms with E-state index < -0.39 is 33.4 Å². The number of nitrogens with one attached hydrogen (secondary N) is 1. The maximum absolute atomic E-state index is 12.3. The Morgan fingerprint density at radius 2 is 1.74 bits per heavy atom. The number of primary sulfonamides is 1. The number of benzene rings is 2. The molecule has 0 bridgehead atoms. The van der Waals surface area contributed by atoms with Crippen LogP contribution in [0.4, 0.5) is 11.4 Å². The lowest BCUT2D eigenvalue weighted by Gasteiger charge is -2.28. The number of rotatable bonds is 6. The molecule has 0 saturated carbocycles. The second kappa shape index (κ2) is 9.84. The van der Waals surface area contributed by atoms with Gasteiger partial charge in [-0.25, -0.2) is 18.4 Å². The molecule has 166 valence electrons. The lowest BCUT2D eigenvalue weighted by atomic mass is 10.2. The van der Waals surface area contributed by atoms with Crippen LogP contribution in [0.5, 0.6) is 0 Å². The number of halogens is 2. The lowest BCUT2D eigenvalue weighted by molar-refractivity contribution is -0.119. The third-order valence-corrected chi connectivity index (χ3v) is 6.10. The monoisotopic (exact) mass is 487 g/mol. The van der Waals surface area contributed by atoms with Crippen molar-refractivity contribution in [1.82, 2.24) is 0 Å². The molecule has 0 aromatic heterocycles. The van der Waals surface area contributed by atoms with Crippen molar-refractivity contribution in [3.8, 4) is 0 Å². The smallest absolute Gasteiger partial charge is 0.340 e. The Morgan fingerprint density at radius 3 is 2.35 bits per heavy atom. The van der Waals surface area contributed by atoms with Crippen molar-refractivity contribution in [2.75, 3.05) is 43.1 Å². The molecular weight excluding hydrogens is 469 g/mol. The molecule has 2 aromatic rings. The van der Waals surface area contributed by atoms with Gasteiger partial charge < -0.3 is 19.7 Å². The van der Waals surface area contributed by atoms with E-state index in [4.69, 9.17) is 37.8 Å². The predicted octanol–water partition coefficient (Wildman–Crippen LogP) is 2.27. The Labute approximate surface area is 189 Å². The first-order valence-corrected chi connectivity index (χ1v) is 11.4. The highest BCUT2D eigenvalue weighted by Gasteiger charge is 2.21. The van der Waals surface area contributed by atoms with E-state index in [9.17, 15) is 18.0 Å². The number of esters is 1. The Balaban J connectivity index is 1.59. The van der Waals surface area contributed by atoms with E-state index in [1.54, 1.807) is 12.1 Å². The molecule has 31 heavy (non-hydrogen) atoms. The maximum Gasteiger partial charge on any atom is 0.340 e. The van der Waals surface area contributed by atoms with Gasteiger partial charge in [0.05, 0.1) is 28.8 Å². The fourth-order valence-corrected chi connectivity index (χ4v) is 4.28. The summed E-state index contributed by atoms with van der Waals surface area (Å²) in [6.45, 7) is 2.32. The van der Waals surface area contributed by atoms with Crippen LogP contribution in [-0.2, 0) is 24.3 Å². The highest BCUT2D eigenvalue weighted by Crippen LogP contribution is 2.28. The van der Waals surface area contributed by atoms with Gasteiger partial charge in [-0.3, -0.25) is 4.79 Å². The molecule has 0 spiro atoms. The quantitative estimate of drug-likeness (QED) is 0.597. The van der Waals surface area contributed by atoms with E-state index >= 15 is 0 Å².